The second-order valence-corrected chi connectivity index (χ2v) is 4.34. The van der Waals surface area contributed by atoms with Crippen molar-refractivity contribution in [2.75, 3.05) is 0 Å². The highest BCUT2D eigenvalue weighted by molar-refractivity contribution is 4.97. The highest BCUT2D eigenvalue weighted by Gasteiger charge is 2.14. The van der Waals surface area contributed by atoms with Gasteiger partial charge in [-0.3, -0.25) is 5.32 Å². The topological polar surface area (TPSA) is 66.5 Å². The average Bonchev–Trinajstić information content (AvgIpc) is 2.69. The first-order chi connectivity index (χ1) is 8.10. The fourth-order valence-corrected chi connectivity index (χ4v) is 1.69. The summed E-state index contributed by atoms with van der Waals surface area (Å²) >= 11 is 0. The standard InChI is InChI=1S/C12H21N5/c1-5-11-15-12(6-2)17(16-11)8-10(7-13)14-9(3)4/h9-10,14H,5-6,8H2,1-4H3. The summed E-state index contributed by atoms with van der Waals surface area (Å²) < 4.78 is 1.85. The number of aryl methyl sites for hydroxylation is 2. The van der Waals surface area contributed by atoms with Crippen LogP contribution in [0.4, 0.5) is 0 Å². The zero-order valence-electron chi connectivity index (χ0n) is 11.1. The second-order valence-electron chi connectivity index (χ2n) is 4.34. The molecule has 0 aromatic carbocycles. The van der Waals surface area contributed by atoms with Crippen molar-refractivity contribution < 1.29 is 0 Å². The van der Waals surface area contributed by atoms with Crippen molar-refractivity contribution in [1.29, 1.82) is 5.26 Å². The Kier molecular flexibility index (Phi) is 5.11. The van der Waals surface area contributed by atoms with Crippen molar-refractivity contribution >= 4 is 0 Å². The zero-order valence-corrected chi connectivity index (χ0v) is 11.1. The number of aromatic nitrogens is 3. The molecule has 1 aromatic rings. The van der Waals surface area contributed by atoms with Crippen LogP contribution in [0.1, 0.15) is 39.3 Å². The van der Waals surface area contributed by atoms with Crippen molar-refractivity contribution in [1.82, 2.24) is 20.1 Å². The van der Waals surface area contributed by atoms with E-state index in [4.69, 9.17) is 5.26 Å². The molecule has 1 N–H and O–H groups in total. The molecule has 0 radical (unpaired) electrons. The highest BCUT2D eigenvalue weighted by Crippen LogP contribution is 2.02. The summed E-state index contributed by atoms with van der Waals surface area (Å²) in [5.74, 6) is 1.80. The van der Waals surface area contributed by atoms with Gasteiger partial charge in [-0.15, -0.1) is 0 Å². The molecule has 0 aliphatic heterocycles. The molecule has 0 aliphatic rings. The molecule has 0 amide bonds. The monoisotopic (exact) mass is 235 g/mol. The first-order valence-corrected chi connectivity index (χ1v) is 6.18. The van der Waals surface area contributed by atoms with Crippen LogP contribution in [0.2, 0.25) is 0 Å². The quantitative estimate of drug-likeness (QED) is 0.807. The summed E-state index contributed by atoms with van der Waals surface area (Å²) in [6.45, 7) is 8.71. The van der Waals surface area contributed by atoms with Crippen molar-refractivity contribution in [3.05, 3.63) is 11.6 Å². The van der Waals surface area contributed by atoms with Gasteiger partial charge in [0.25, 0.3) is 0 Å². The molecule has 94 valence electrons. The van der Waals surface area contributed by atoms with Gasteiger partial charge in [-0.05, 0) is 13.8 Å². The van der Waals surface area contributed by atoms with Gasteiger partial charge in [0, 0.05) is 18.9 Å². The van der Waals surface area contributed by atoms with Crippen LogP contribution in [-0.2, 0) is 19.4 Å². The highest BCUT2D eigenvalue weighted by atomic mass is 15.4. The normalized spacial score (nSPS) is 12.7. The van der Waals surface area contributed by atoms with Gasteiger partial charge in [-0.1, -0.05) is 13.8 Å². The molecule has 0 bridgehead atoms. The van der Waals surface area contributed by atoms with Crippen molar-refractivity contribution in [2.24, 2.45) is 0 Å². The summed E-state index contributed by atoms with van der Waals surface area (Å²) in [5.41, 5.74) is 0. The molecule has 1 rings (SSSR count). The molecule has 1 aromatic heterocycles. The fourth-order valence-electron chi connectivity index (χ4n) is 1.69. The van der Waals surface area contributed by atoms with Crippen LogP contribution >= 0.6 is 0 Å². The molecule has 1 unspecified atom stereocenters. The van der Waals surface area contributed by atoms with E-state index in [1.807, 2.05) is 25.5 Å². The number of nitriles is 1. The van der Waals surface area contributed by atoms with Crippen LogP contribution in [0, 0.1) is 11.3 Å². The van der Waals surface area contributed by atoms with E-state index in [9.17, 15) is 0 Å². The van der Waals surface area contributed by atoms with E-state index >= 15 is 0 Å². The first-order valence-electron chi connectivity index (χ1n) is 6.18. The van der Waals surface area contributed by atoms with Crippen LogP contribution in [0.25, 0.3) is 0 Å². The van der Waals surface area contributed by atoms with Gasteiger partial charge < -0.3 is 0 Å². The van der Waals surface area contributed by atoms with Crippen molar-refractivity contribution in [2.45, 2.75) is 59.2 Å². The van der Waals surface area contributed by atoms with Crippen LogP contribution in [0.3, 0.4) is 0 Å². The molecular formula is C12H21N5. The van der Waals surface area contributed by atoms with Gasteiger partial charge in [0.2, 0.25) is 0 Å². The average molecular weight is 235 g/mol. The summed E-state index contributed by atoms with van der Waals surface area (Å²) in [6, 6.07) is 2.34. The van der Waals surface area contributed by atoms with E-state index in [1.54, 1.807) is 0 Å². The van der Waals surface area contributed by atoms with E-state index < -0.39 is 0 Å². The third-order valence-electron chi connectivity index (χ3n) is 2.47. The van der Waals surface area contributed by atoms with Gasteiger partial charge in [-0.25, -0.2) is 9.67 Å². The van der Waals surface area contributed by atoms with E-state index in [0.29, 0.717) is 12.6 Å². The lowest BCUT2D eigenvalue weighted by Gasteiger charge is -2.15. The molecule has 0 saturated carbocycles. The molecule has 0 fully saturated rings. The first kappa shape index (κ1) is 13.7. The van der Waals surface area contributed by atoms with Gasteiger partial charge >= 0.3 is 0 Å². The molecular weight excluding hydrogens is 214 g/mol. The smallest absolute Gasteiger partial charge is 0.150 e. The maximum Gasteiger partial charge on any atom is 0.150 e. The largest absolute Gasteiger partial charge is 0.298 e. The van der Waals surface area contributed by atoms with E-state index in [-0.39, 0.29) is 6.04 Å². The van der Waals surface area contributed by atoms with E-state index in [0.717, 1.165) is 24.5 Å². The van der Waals surface area contributed by atoms with Crippen LogP contribution in [0.15, 0.2) is 0 Å². The third-order valence-corrected chi connectivity index (χ3v) is 2.47. The van der Waals surface area contributed by atoms with Crippen molar-refractivity contribution in [3.63, 3.8) is 0 Å². The zero-order chi connectivity index (χ0) is 12.8. The lowest BCUT2D eigenvalue weighted by Crippen LogP contribution is -2.37. The lowest BCUT2D eigenvalue weighted by atomic mass is 10.2. The predicted octanol–water partition coefficient (Wildman–Crippen LogP) is 1.29. The van der Waals surface area contributed by atoms with E-state index in [1.165, 1.54) is 0 Å². The van der Waals surface area contributed by atoms with Crippen LogP contribution < -0.4 is 5.32 Å². The number of hydrogen-bond acceptors (Lipinski definition) is 4. The van der Waals surface area contributed by atoms with Gasteiger partial charge in [-0.2, -0.15) is 10.4 Å². The van der Waals surface area contributed by atoms with Crippen LogP contribution in [-0.4, -0.2) is 26.8 Å². The maximum atomic E-state index is 9.09. The Morgan fingerprint density at radius 3 is 2.53 bits per heavy atom. The number of nitrogens with zero attached hydrogens (tertiary/aromatic N) is 4. The maximum absolute atomic E-state index is 9.09. The Labute approximate surface area is 103 Å². The van der Waals surface area contributed by atoms with Crippen LogP contribution in [0.5, 0.6) is 0 Å². The summed E-state index contributed by atoms with van der Waals surface area (Å²) in [7, 11) is 0. The Morgan fingerprint density at radius 1 is 1.35 bits per heavy atom. The molecule has 5 nitrogen and oxygen atoms in total. The van der Waals surface area contributed by atoms with Gasteiger partial charge in [0.15, 0.2) is 5.82 Å². The minimum absolute atomic E-state index is 0.216. The second kappa shape index (κ2) is 6.36. The molecule has 1 heterocycles. The minimum atomic E-state index is -0.216. The summed E-state index contributed by atoms with van der Waals surface area (Å²) in [6.07, 6.45) is 1.67. The molecule has 5 heteroatoms. The summed E-state index contributed by atoms with van der Waals surface area (Å²) in [5, 5.41) is 16.7. The number of rotatable bonds is 6. The molecule has 17 heavy (non-hydrogen) atoms. The molecule has 0 saturated heterocycles. The van der Waals surface area contributed by atoms with Gasteiger partial charge in [0.1, 0.15) is 11.9 Å². The Hall–Kier alpha value is -1.41. The summed E-state index contributed by atoms with van der Waals surface area (Å²) in [4.78, 5) is 4.43. The third kappa shape index (κ3) is 3.82. The van der Waals surface area contributed by atoms with Gasteiger partial charge in [0.05, 0.1) is 12.6 Å². The molecule has 0 aliphatic carbocycles. The van der Waals surface area contributed by atoms with Crippen molar-refractivity contribution in [3.8, 4) is 6.07 Å². The Balaban J connectivity index is 2.78. The lowest BCUT2D eigenvalue weighted by molar-refractivity contribution is 0.445. The SMILES string of the molecule is CCc1nc(CC)n(CC(C#N)NC(C)C)n1. The predicted molar refractivity (Wildman–Crippen MR) is 66.5 cm³/mol. The molecule has 0 spiro atoms. The minimum Gasteiger partial charge on any atom is -0.298 e. The number of nitrogens with one attached hydrogen (secondary N) is 1. The number of hydrogen-bond donors (Lipinski definition) is 1. The van der Waals surface area contributed by atoms with E-state index in [2.05, 4.69) is 28.4 Å². The Morgan fingerprint density at radius 2 is 2.06 bits per heavy atom. The fraction of sp³-hybridized carbons (Fsp3) is 0.750. The molecule has 1 atom stereocenters. The Bertz CT molecular complexity index is 388.